The van der Waals surface area contributed by atoms with E-state index in [2.05, 4.69) is 12.2 Å². The Hall–Kier alpha value is -1.40. The maximum atomic E-state index is 12.5. The molecule has 1 aromatic heterocycles. The number of nitrogens with one attached hydrogen (secondary N) is 2. The first-order valence-corrected chi connectivity index (χ1v) is 10.8. The molecular formula is C20H31N2O3S+. The molecule has 2 aliphatic rings. The molecule has 2 N–H and O–H groups in total. The van der Waals surface area contributed by atoms with Crippen LogP contribution in [0.25, 0.3) is 0 Å². The topological polar surface area (TPSA) is 59.8 Å². The molecule has 0 unspecified atom stereocenters. The van der Waals surface area contributed by atoms with E-state index >= 15 is 0 Å². The number of amides is 1. The van der Waals surface area contributed by atoms with Crippen LogP contribution in [-0.4, -0.2) is 38.1 Å². The molecule has 0 bridgehead atoms. The Balaban J connectivity index is 1.63. The SMILES string of the molecule is CCOC(=O)c1c(NC(=O)CC[NH+]2CCC(C)CC2)sc2c1CCCC2. The van der Waals surface area contributed by atoms with Crippen LogP contribution in [0.3, 0.4) is 0 Å². The summed E-state index contributed by atoms with van der Waals surface area (Å²) in [7, 11) is 0. The van der Waals surface area contributed by atoms with E-state index in [1.54, 1.807) is 11.3 Å². The van der Waals surface area contributed by atoms with Gasteiger partial charge in [-0.2, -0.15) is 0 Å². The number of thiophene rings is 1. The van der Waals surface area contributed by atoms with Crippen molar-refractivity contribution in [2.45, 2.75) is 58.8 Å². The van der Waals surface area contributed by atoms with Crippen molar-refractivity contribution >= 4 is 28.2 Å². The van der Waals surface area contributed by atoms with Gasteiger partial charge in [0, 0.05) is 4.88 Å². The number of carbonyl (C=O) groups excluding carboxylic acids is 2. The minimum atomic E-state index is -0.294. The summed E-state index contributed by atoms with van der Waals surface area (Å²) in [5, 5.41) is 3.72. The fourth-order valence-electron chi connectivity index (χ4n) is 3.97. The molecule has 0 atom stereocenters. The number of quaternary nitrogens is 1. The minimum absolute atomic E-state index is 0.0141. The molecule has 1 saturated heterocycles. The van der Waals surface area contributed by atoms with Gasteiger partial charge < -0.3 is 15.0 Å². The van der Waals surface area contributed by atoms with Crippen LogP contribution in [0.5, 0.6) is 0 Å². The second-order valence-electron chi connectivity index (χ2n) is 7.62. The molecule has 2 heterocycles. The Morgan fingerprint density at radius 3 is 2.69 bits per heavy atom. The zero-order chi connectivity index (χ0) is 18.5. The number of hydrogen-bond acceptors (Lipinski definition) is 4. The Bertz CT molecular complexity index is 648. The third kappa shape index (κ3) is 4.65. The van der Waals surface area contributed by atoms with Crippen molar-refractivity contribution < 1.29 is 19.2 Å². The van der Waals surface area contributed by atoms with Crippen molar-refractivity contribution in [1.82, 2.24) is 0 Å². The summed E-state index contributed by atoms with van der Waals surface area (Å²) < 4.78 is 5.25. The number of carbonyl (C=O) groups is 2. The van der Waals surface area contributed by atoms with Crippen molar-refractivity contribution in [3.63, 3.8) is 0 Å². The van der Waals surface area contributed by atoms with E-state index < -0.39 is 0 Å². The normalized spacial score (nSPS) is 22.5. The predicted molar refractivity (Wildman–Crippen MR) is 104 cm³/mol. The first-order valence-electron chi connectivity index (χ1n) is 10.0. The number of aryl methyl sites for hydroxylation is 1. The maximum absolute atomic E-state index is 12.5. The van der Waals surface area contributed by atoms with Gasteiger partial charge in [-0.1, -0.05) is 6.92 Å². The lowest BCUT2D eigenvalue weighted by Gasteiger charge is -2.27. The van der Waals surface area contributed by atoms with E-state index in [9.17, 15) is 9.59 Å². The van der Waals surface area contributed by atoms with Gasteiger partial charge in [-0.05, 0) is 56.9 Å². The Labute approximate surface area is 160 Å². The van der Waals surface area contributed by atoms with Crippen molar-refractivity contribution in [3.05, 3.63) is 16.0 Å². The van der Waals surface area contributed by atoms with E-state index in [1.807, 2.05) is 6.92 Å². The van der Waals surface area contributed by atoms with E-state index in [1.165, 1.54) is 22.6 Å². The molecule has 1 fully saturated rings. The molecule has 1 amide bonds. The smallest absolute Gasteiger partial charge is 0.341 e. The molecule has 26 heavy (non-hydrogen) atoms. The lowest BCUT2D eigenvalue weighted by Crippen LogP contribution is -3.13. The van der Waals surface area contributed by atoms with E-state index in [-0.39, 0.29) is 11.9 Å². The average Bonchev–Trinajstić information content (AvgIpc) is 2.99. The van der Waals surface area contributed by atoms with Crippen molar-refractivity contribution in [2.75, 3.05) is 31.6 Å². The molecule has 0 saturated carbocycles. The summed E-state index contributed by atoms with van der Waals surface area (Å²) in [4.78, 5) is 27.7. The predicted octanol–water partition coefficient (Wildman–Crippen LogP) is 2.45. The quantitative estimate of drug-likeness (QED) is 0.747. The Kier molecular flexibility index (Phi) is 6.70. The van der Waals surface area contributed by atoms with E-state index in [0.29, 0.717) is 23.6 Å². The lowest BCUT2D eigenvalue weighted by molar-refractivity contribution is -0.905. The van der Waals surface area contributed by atoms with Gasteiger partial charge in [0.25, 0.3) is 0 Å². The van der Waals surface area contributed by atoms with Crippen LogP contribution in [0.1, 0.15) is 66.8 Å². The zero-order valence-electron chi connectivity index (χ0n) is 16.0. The Morgan fingerprint density at radius 1 is 1.23 bits per heavy atom. The van der Waals surface area contributed by atoms with Crippen molar-refractivity contribution in [3.8, 4) is 0 Å². The van der Waals surface area contributed by atoms with Gasteiger partial charge in [0.1, 0.15) is 5.00 Å². The molecule has 144 valence electrons. The molecule has 0 spiro atoms. The first-order chi connectivity index (χ1) is 12.6. The highest BCUT2D eigenvalue weighted by atomic mass is 32.1. The number of likely N-dealkylation sites (tertiary alicyclic amines) is 1. The number of esters is 1. The standard InChI is InChI=1S/C20H30N2O3S/c1-3-25-20(24)18-15-6-4-5-7-16(15)26-19(18)21-17(23)10-13-22-11-8-14(2)9-12-22/h14H,3-13H2,1-2H3,(H,21,23)/p+1. The monoisotopic (exact) mass is 379 g/mol. The number of anilines is 1. The summed E-state index contributed by atoms with van der Waals surface area (Å²) in [5.74, 6) is 0.537. The van der Waals surface area contributed by atoms with Crippen LogP contribution < -0.4 is 10.2 Å². The van der Waals surface area contributed by atoms with Gasteiger partial charge in [0.2, 0.25) is 5.91 Å². The fraction of sp³-hybridized carbons (Fsp3) is 0.700. The molecule has 0 aromatic carbocycles. The number of hydrogen-bond donors (Lipinski definition) is 2. The second-order valence-corrected chi connectivity index (χ2v) is 8.72. The minimum Gasteiger partial charge on any atom is -0.462 e. The highest BCUT2D eigenvalue weighted by Gasteiger charge is 2.27. The van der Waals surface area contributed by atoms with Gasteiger partial charge >= 0.3 is 5.97 Å². The third-order valence-electron chi connectivity index (χ3n) is 5.59. The van der Waals surface area contributed by atoms with Crippen LogP contribution in [0.2, 0.25) is 0 Å². The molecule has 1 aliphatic heterocycles. The number of fused-ring (bicyclic) bond motifs is 1. The molecule has 6 heteroatoms. The molecule has 0 radical (unpaired) electrons. The maximum Gasteiger partial charge on any atom is 0.341 e. The summed E-state index contributed by atoms with van der Waals surface area (Å²) >= 11 is 1.57. The fourth-order valence-corrected chi connectivity index (χ4v) is 5.27. The zero-order valence-corrected chi connectivity index (χ0v) is 16.8. The third-order valence-corrected chi connectivity index (χ3v) is 6.80. The van der Waals surface area contributed by atoms with Crippen molar-refractivity contribution in [1.29, 1.82) is 0 Å². The highest BCUT2D eigenvalue weighted by molar-refractivity contribution is 7.17. The number of ether oxygens (including phenoxy) is 1. The highest BCUT2D eigenvalue weighted by Crippen LogP contribution is 2.38. The van der Waals surface area contributed by atoms with Gasteiger partial charge in [-0.25, -0.2) is 4.79 Å². The van der Waals surface area contributed by atoms with Crippen LogP contribution in [-0.2, 0) is 22.4 Å². The average molecular weight is 380 g/mol. The van der Waals surface area contributed by atoms with Crippen LogP contribution >= 0.6 is 11.3 Å². The first kappa shape index (κ1) is 19.4. The lowest BCUT2D eigenvalue weighted by atomic mass is 9.95. The van der Waals surface area contributed by atoms with Gasteiger partial charge in [-0.3, -0.25) is 4.79 Å². The van der Waals surface area contributed by atoms with Crippen LogP contribution in [0.15, 0.2) is 0 Å². The van der Waals surface area contributed by atoms with Gasteiger partial charge in [0.15, 0.2) is 0 Å². The van der Waals surface area contributed by atoms with E-state index in [4.69, 9.17) is 4.74 Å². The summed E-state index contributed by atoms with van der Waals surface area (Å²) in [6.07, 6.45) is 7.17. The van der Waals surface area contributed by atoms with Crippen LogP contribution in [0, 0.1) is 5.92 Å². The Morgan fingerprint density at radius 2 is 1.96 bits per heavy atom. The summed E-state index contributed by atoms with van der Waals surface area (Å²) in [5.41, 5.74) is 1.71. The largest absolute Gasteiger partial charge is 0.462 e. The molecule has 1 aliphatic carbocycles. The van der Waals surface area contributed by atoms with Gasteiger partial charge in [0.05, 0.1) is 38.2 Å². The molecular weight excluding hydrogens is 348 g/mol. The number of rotatable bonds is 6. The number of piperidine rings is 1. The molecule has 5 nitrogen and oxygen atoms in total. The molecule has 3 rings (SSSR count). The van der Waals surface area contributed by atoms with Gasteiger partial charge in [-0.15, -0.1) is 11.3 Å². The summed E-state index contributed by atoms with van der Waals surface area (Å²) in [6.45, 7) is 7.67. The van der Waals surface area contributed by atoms with Crippen molar-refractivity contribution in [2.24, 2.45) is 5.92 Å². The molecule has 1 aromatic rings. The van der Waals surface area contributed by atoms with E-state index in [0.717, 1.165) is 56.8 Å². The second kappa shape index (κ2) is 9.00. The summed E-state index contributed by atoms with van der Waals surface area (Å²) in [6, 6.07) is 0. The van der Waals surface area contributed by atoms with Crippen LogP contribution in [0.4, 0.5) is 5.00 Å².